The molecule has 3 nitrogen and oxygen atoms in total. The smallest absolute Gasteiger partial charge is 0.128 e. The maximum Gasteiger partial charge on any atom is 0.128 e. The second-order valence-corrected chi connectivity index (χ2v) is 7.18. The van der Waals surface area contributed by atoms with Gasteiger partial charge < -0.3 is 10.5 Å². The van der Waals surface area contributed by atoms with Crippen LogP contribution in [0.5, 0.6) is 5.75 Å². The Morgan fingerprint density at radius 3 is 2.90 bits per heavy atom. The molecular formula is C18H28N2O. The van der Waals surface area contributed by atoms with Crippen LogP contribution in [0.3, 0.4) is 0 Å². The van der Waals surface area contributed by atoms with Gasteiger partial charge in [-0.3, -0.25) is 4.90 Å². The molecule has 3 rings (SSSR count). The lowest BCUT2D eigenvalue weighted by atomic mass is 9.97. The van der Waals surface area contributed by atoms with Gasteiger partial charge in [-0.05, 0) is 38.3 Å². The number of para-hydroxylation sites is 1. The van der Waals surface area contributed by atoms with Gasteiger partial charge in [0.25, 0.3) is 0 Å². The first kappa shape index (κ1) is 14.9. The molecule has 2 N–H and O–H groups in total. The van der Waals surface area contributed by atoms with Gasteiger partial charge in [-0.15, -0.1) is 0 Å². The van der Waals surface area contributed by atoms with Crippen LogP contribution in [0.1, 0.15) is 50.8 Å². The molecule has 21 heavy (non-hydrogen) atoms. The van der Waals surface area contributed by atoms with E-state index >= 15 is 0 Å². The molecule has 3 heteroatoms. The summed E-state index contributed by atoms with van der Waals surface area (Å²) in [7, 11) is 0. The minimum Gasteiger partial charge on any atom is -0.487 e. The standard InChI is InChI=1S/C18H28N2O/c1-4-13-8-9-20(12-13)16(11-19)15-7-5-6-14-10-18(2,3)21-17(14)15/h5-7,13,16H,4,8-12,19H2,1-3H3. The third-order valence-electron chi connectivity index (χ3n) is 5.04. The predicted molar refractivity (Wildman–Crippen MR) is 86.6 cm³/mol. The molecule has 116 valence electrons. The zero-order chi connectivity index (χ0) is 15.0. The van der Waals surface area contributed by atoms with E-state index in [0.717, 1.165) is 24.6 Å². The van der Waals surface area contributed by atoms with E-state index in [9.17, 15) is 0 Å². The third kappa shape index (κ3) is 2.82. The fraction of sp³-hybridized carbons (Fsp3) is 0.667. The largest absolute Gasteiger partial charge is 0.487 e. The van der Waals surface area contributed by atoms with E-state index in [1.54, 1.807) is 0 Å². The quantitative estimate of drug-likeness (QED) is 0.925. The average molecular weight is 288 g/mol. The van der Waals surface area contributed by atoms with Gasteiger partial charge in [0.15, 0.2) is 0 Å². The van der Waals surface area contributed by atoms with Gasteiger partial charge in [-0.2, -0.15) is 0 Å². The van der Waals surface area contributed by atoms with Crippen LogP contribution in [-0.4, -0.2) is 30.1 Å². The van der Waals surface area contributed by atoms with E-state index in [1.165, 1.54) is 30.5 Å². The number of hydrogen-bond donors (Lipinski definition) is 1. The Morgan fingerprint density at radius 2 is 2.24 bits per heavy atom. The predicted octanol–water partition coefficient (Wildman–Crippen LogP) is 3.13. The van der Waals surface area contributed by atoms with Gasteiger partial charge in [0, 0.05) is 25.1 Å². The minimum absolute atomic E-state index is 0.0887. The van der Waals surface area contributed by atoms with Crippen LogP contribution in [0.15, 0.2) is 18.2 Å². The maximum atomic E-state index is 6.24. The highest BCUT2D eigenvalue weighted by atomic mass is 16.5. The van der Waals surface area contributed by atoms with Crippen molar-refractivity contribution in [3.8, 4) is 5.75 Å². The van der Waals surface area contributed by atoms with Gasteiger partial charge in [0.2, 0.25) is 0 Å². The van der Waals surface area contributed by atoms with E-state index in [4.69, 9.17) is 10.5 Å². The fourth-order valence-electron chi connectivity index (χ4n) is 3.85. The number of nitrogens with zero attached hydrogens (tertiary/aromatic N) is 1. The number of ether oxygens (including phenoxy) is 1. The van der Waals surface area contributed by atoms with Crippen molar-refractivity contribution < 1.29 is 4.74 Å². The van der Waals surface area contributed by atoms with Gasteiger partial charge in [0.05, 0.1) is 6.04 Å². The molecule has 0 radical (unpaired) electrons. The van der Waals surface area contributed by atoms with E-state index in [2.05, 4.69) is 43.9 Å². The summed E-state index contributed by atoms with van der Waals surface area (Å²) in [6.45, 7) is 9.61. The lowest BCUT2D eigenvalue weighted by molar-refractivity contribution is 0.133. The topological polar surface area (TPSA) is 38.5 Å². The molecule has 1 aromatic carbocycles. The highest BCUT2D eigenvalue weighted by molar-refractivity contribution is 5.47. The van der Waals surface area contributed by atoms with Gasteiger partial charge in [-0.1, -0.05) is 31.5 Å². The first-order valence-electron chi connectivity index (χ1n) is 8.29. The third-order valence-corrected chi connectivity index (χ3v) is 5.04. The lowest BCUT2D eigenvalue weighted by Crippen LogP contribution is -2.32. The number of hydrogen-bond acceptors (Lipinski definition) is 3. The summed E-state index contributed by atoms with van der Waals surface area (Å²) in [5.41, 5.74) is 8.67. The van der Waals surface area contributed by atoms with Gasteiger partial charge in [-0.25, -0.2) is 0 Å². The van der Waals surface area contributed by atoms with Crippen molar-refractivity contribution in [2.75, 3.05) is 19.6 Å². The summed E-state index contributed by atoms with van der Waals surface area (Å²) in [4.78, 5) is 2.55. The Bertz CT molecular complexity index is 512. The molecule has 2 aliphatic heterocycles. The molecule has 2 unspecified atom stereocenters. The summed E-state index contributed by atoms with van der Waals surface area (Å²) in [5.74, 6) is 1.92. The molecular weight excluding hydrogens is 260 g/mol. The molecule has 0 spiro atoms. The Morgan fingerprint density at radius 1 is 1.43 bits per heavy atom. The summed E-state index contributed by atoms with van der Waals surface area (Å²) >= 11 is 0. The van der Waals surface area contributed by atoms with E-state index in [-0.39, 0.29) is 5.60 Å². The van der Waals surface area contributed by atoms with Crippen molar-refractivity contribution in [1.29, 1.82) is 0 Å². The number of fused-ring (bicyclic) bond motifs is 1. The number of benzene rings is 1. The second-order valence-electron chi connectivity index (χ2n) is 7.18. The number of rotatable bonds is 4. The maximum absolute atomic E-state index is 6.24. The van der Waals surface area contributed by atoms with Crippen LogP contribution < -0.4 is 10.5 Å². The van der Waals surface area contributed by atoms with Crippen molar-refractivity contribution in [3.05, 3.63) is 29.3 Å². The average Bonchev–Trinajstić information content (AvgIpc) is 3.02. The highest BCUT2D eigenvalue weighted by Gasteiger charge is 2.35. The normalized spacial score (nSPS) is 25.6. The molecule has 0 saturated carbocycles. The molecule has 2 heterocycles. The van der Waals surface area contributed by atoms with Crippen LogP contribution in [0, 0.1) is 5.92 Å². The Kier molecular flexibility index (Phi) is 3.98. The zero-order valence-corrected chi connectivity index (χ0v) is 13.6. The molecule has 2 atom stereocenters. The number of likely N-dealkylation sites (tertiary alicyclic amines) is 1. The van der Waals surface area contributed by atoms with Crippen molar-refractivity contribution in [2.45, 2.75) is 51.7 Å². The first-order chi connectivity index (χ1) is 10.0. The van der Waals surface area contributed by atoms with Crippen LogP contribution >= 0.6 is 0 Å². The fourth-order valence-corrected chi connectivity index (χ4v) is 3.85. The zero-order valence-electron chi connectivity index (χ0n) is 13.6. The summed E-state index contributed by atoms with van der Waals surface area (Å²) < 4.78 is 6.24. The van der Waals surface area contributed by atoms with Crippen LogP contribution in [-0.2, 0) is 6.42 Å². The van der Waals surface area contributed by atoms with Gasteiger partial charge in [0.1, 0.15) is 11.4 Å². The summed E-state index contributed by atoms with van der Waals surface area (Å²) in [5, 5.41) is 0. The first-order valence-corrected chi connectivity index (χ1v) is 8.29. The molecule has 1 fully saturated rings. The molecule has 0 bridgehead atoms. The van der Waals surface area contributed by atoms with E-state index in [0.29, 0.717) is 12.6 Å². The monoisotopic (exact) mass is 288 g/mol. The lowest BCUT2D eigenvalue weighted by Gasteiger charge is -2.29. The molecule has 0 amide bonds. The van der Waals surface area contributed by atoms with E-state index in [1.807, 2.05) is 0 Å². The minimum atomic E-state index is -0.0887. The van der Waals surface area contributed by atoms with E-state index < -0.39 is 0 Å². The SMILES string of the molecule is CCC1CCN(C(CN)c2cccc3c2OC(C)(C)C3)C1. The summed E-state index contributed by atoms with van der Waals surface area (Å²) in [6.07, 6.45) is 3.56. The number of nitrogens with two attached hydrogens (primary N) is 1. The Balaban J connectivity index is 1.88. The van der Waals surface area contributed by atoms with Crippen molar-refractivity contribution in [3.63, 3.8) is 0 Å². The second kappa shape index (κ2) is 5.62. The molecule has 0 aromatic heterocycles. The van der Waals surface area contributed by atoms with Gasteiger partial charge >= 0.3 is 0 Å². The van der Waals surface area contributed by atoms with Crippen molar-refractivity contribution in [2.24, 2.45) is 11.7 Å². The van der Waals surface area contributed by atoms with Crippen LogP contribution in [0.4, 0.5) is 0 Å². The summed E-state index contributed by atoms with van der Waals surface area (Å²) in [6, 6.07) is 6.86. The molecule has 1 saturated heterocycles. The Labute approximate surface area is 128 Å². The van der Waals surface area contributed by atoms with Crippen molar-refractivity contribution in [1.82, 2.24) is 4.90 Å². The molecule has 2 aliphatic rings. The highest BCUT2D eigenvalue weighted by Crippen LogP contribution is 2.42. The van der Waals surface area contributed by atoms with Crippen LogP contribution in [0.2, 0.25) is 0 Å². The van der Waals surface area contributed by atoms with Crippen molar-refractivity contribution >= 4 is 0 Å². The Hall–Kier alpha value is -1.06. The van der Waals surface area contributed by atoms with Crippen LogP contribution in [0.25, 0.3) is 0 Å². The molecule has 0 aliphatic carbocycles. The molecule has 1 aromatic rings.